The first-order chi connectivity index (χ1) is 16.9. The van der Waals surface area contributed by atoms with Gasteiger partial charge in [-0.15, -0.1) is 5.10 Å². The van der Waals surface area contributed by atoms with E-state index < -0.39 is 0 Å². The van der Waals surface area contributed by atoms with Crippen LogP contribution in [0.15, 0.2) is 54.7 Å². The summed E-state index contributed by atoms with van der Waals surface area (Å²) in [4.78, 5) is 14.1. The van der Waals surface area contributed by atoms with E-state index in [1.165, 1.54) is 0 Å². The Hall–Kier alpha value is -4.16. The summed E-state index contributed by atoms with van der Waals surface area (Å²) in [6, 6.07) is 17.4. The number of rotatable bonds is 8. The molecule has 0 aliphatic carbocycles. The molecule has 3 heterocycles. The zero-order valence-electron chi connectivity index (χ0n) is 20.4. The average Bonchev–Trinajstić information content (AvgIpc) is 3.32. The van der Waals surface area contributed by atoms with Gasteiger partial charge in [0, 0.05) is 30.3 Å². The van der Waals surface area contributed by atoms with Crippen molar-refractivity contribution in [3.05, 3.63) is 71.7 Å². The Balaban J connectivity index is 1.65. The van der Waals surface area contributed by atoms with Crippen LogP contribution < -0.4 is 5.32 Å². The predicted octanol–water partition coefficient (Wildman–Crippen LogP) is 4.07. The molecule has 0 saturated carbocycles. The van der Waals surface area contributed by atoms with Gasteiger partial charge in [-0.25, -0.2) is 14.6 Å². The van der Waals surface area contributed by atoms with Gasteiger partial charge in [-0.2, -0.15) is 5.26 Å². The molecule has 4 aromatic rings. The number of benzene rings is 1. The second-order valence-electron chi connectivity index (χ2n) is 9.14. The van der Waals surface area contributed by atoms with E-state index in [0.717, 1.165) is 17.0 Å². The molecule has 4 rings (SSSR count). The Morgan fingerprint density at radius 2 is 1.80 bits per heavy atom. The van der Waals surface area contributed by atoms with Crippen LogP contribution in [0, 0.1) is 11.3 Å². The maximum atomic E-state index is 9.29. The van der Waals surface area contributed by atoms with E-state index >= 15 is 0 Å². The van der Waals surface area contributed by atoms with Crippen LogP contribution in [-0.2, 0) is 16.7 Å². The fourth-order valence-electron chi connectivity index (χ4n) is 3.46. The van der Waals surface area contributed by atoms with Crippen LogP contribution in [0.25, 0.3) is 22.6 Å². The van der Waals surface area contributed by atoms with Crippen LogP contribution in [0.2, 0.25) is 0 Å². The van der Waals surface area contributed by atoms with Crippen LogP contribution in [0.1, 0.15) is 37.7 Å². The Morgan fingerprint density at radius 1 is 1.00 bits per heavy atom. The maximum Gasteiger partial charge on any atom is 0.223 e. The summed E-state index contributed by atoms with van der Waals surface area (Å²) >= 11 is 0. The van der Waals surface area contributed by atoms with Crippen molar-refractivity contribution < 1.29 is 4.74 Å². The van der Waals surface area contributed by atoms with Gasteiger partial charge in [0.15, 0.2) is 0 Å². The van der Waals surface area contributed by atoms with Crippen molar-refractivity contribution in [3.63, 3.8) is 0 Å². The Morgan fingerprint density at radius 3 is 2.57 bits per heavy atom. The van der Waals surface area contributed by atoms with Gasteiger partial charge in [-0.3, -0.25) is 4.98 Å². The fraction of sp³-hybridized carbons (Fsp3) is 0.308. The molecule has 0 spiro atoms. The lowest BCUT2D eigenvalue weighted by Crippen LogP contribution is -2.15. The molecular formula is C26H28N8O. The first-order valence-electron chi connectivity index (χ1n) is 11.3. The van der Waals surface area contributed by atoms with E-state index in [2.05, 4.69) is 52.4 Å². The first kappa shape index (κ1) is 24.0. The van der Waals surface area contributed by atoms with E-state index in [1.807, 2.05) is 42.6 Å². The third kappa shape index (κ3) is 6.05. The van der Waals surface area contributed by atoms with Gasteiger partial charge in [0.05, 0.1) is 48.1 Å². The summed E-state index contributed by atoms with van der Waals surface area (Å²) in [6.45, 7) is 8.00. The highest BCUT2D eigenvalue weighted by Gasteiger charge is 2.16. The number of hydrogen-bond acceptors (Lipinski definition) is 8. The molecule has 178 valence electrons. The van der Waals surface area contributed by atoms with Gasteiger partial charge >= 0.3 is 0 Å². The molecule has 0 atom stereocenters. The Labute approximate surface area is 204 Å². The zero-order valence-corrected chi connectivity index (χ0v) is 20.4. The molecule has 0 fully saturated rings. The highest BCUT2D eigenvalue weighted by Crippen LogP contribution is 2.25. The van der Waals surface area contributed by atoms with Crippen LogP contribution in [-0.4, -0.2) is 50.2 Å². The number of ether oxygens (including phenoxy) is 1. The van der Waals surface area contributed by atoms with E-state index in [4.69, 9.17) is 9.72 Å². The molecule has 1 aromatic carbocycles. The Bertz CT molecular complexity index is 1350. The van der Waals surface area contributed by atoms with E-state index in [9.17, 15) is 5.26 Å². The molecular weight excluding hydrogens is 440 g/mol. The maximum absolute atomic E-state index is 9.29. The number of methoxy groups -OCH3 is 1. The van der Waals surface area contributed by atoms with Gasteiger partial charge in [-0.1, -0.05) is 44.2 Å². The summed E-state index contributed by atoms with van der Waals surface area (Å²) in [5, 5.41) is 21.1. The number of nitriles is 1. The van der Waals surface area contributed by atoms with Crippen molar-refractivity contribution in [2.24, 2.45) is 0 Å². The molecule has 0 unspecified atom stereocenters. The first-order valence-corrected chi connectivity index (χ1v) is 11.3. The summed E-state index contributed by atoms with van der Waals surface area (Å²) in [6.07, 6.45) is 1.85. The van der Waals surface area contributed by atoms with Crippen molar-refractivity contribution >= 4 is 5.95 Å². The van der Waals surface area contributed by atoms with Crippen LogP contribution in [0.3, 0.4) is 0 Å². The SMILES string of the molecule is COCCNc1nc(-c2cccc(C#N)c2)cc(-c2cn(Cc3cccc(C(C)(C)C)n3)nn2)n1. The van der Waals surface area contributed by atoms with Gasteiger partial charge in [0.25, 0.3) is 0 Å². The largest absolute Gasteiger partial charge is 0.383 e. The zero-order chi connectivity index (χ0) is 24.8. The highest BCUT2D eigenvalue weighted by atomic mass is 16.5. The topological polar surface area (TPSA) is 114 Å². The number of aromatic nitrogens is 6. The molecule has 9 nitrogen and oxygen atoms in total. The number of anilines is 1. The van der Waals surface area contributed by atoms with Crippen molar-refractivity contribution in [2.75, 3.05) is 25.6 Å². The smallest absolute Gasteiger partial charge is 0.223 e. The second kappa shape index (κ2) is 10.4. The van der Waals surface area contributed by atoms with Crippen molar-refractivity contribution in [3.8, 4) is 28.7 Å². The van der Waals surface area contributed by atoms with Gasteiger partial charge in [0.1, 0.15) is 5.69 Å². The molecule has 9 heteroatoms. The minimum absolute atomic E-state index is 0.0318. The van der Waals surface area contributed by atoms with Crippen molar-refractivity contribution in [1.82, 2.24) is 29.9 Å². The summed E-state index contributed by atoms with van der Waals surface area (Å²) in [7, 11) is 1.64. The van der Waals surface area contributed by atoms with Gasteiger partial charge < -0.3 is 10.1 Å². The molecule has 0 amide bonds. The van der Waals surface area contributed by atoms with Crippen molar-refractivity contribution in [1.29, 1.82) is 5.26 Å². The lowest BCUT2D eigenvalue weighted by atomic mass is 9.91. The summed E-state index contributed by atoms with van der Waals surface area (Å²) in [5.74, 6) is 0.450. The number of hydrogen-bond donors (Lipinski definition) is 1. The highest BCUT2D eigenvalue weighted by molar-refractivity contribution is 5.68. The lowest BCUT2D eigenvalue weighted by molar-refractivity contribution is 0.210. The molecule has 0 bridgehead atoms. The normalized spacial score (nSPS) is 11.3. The fourth-order valence-corrected chi connectivity index (χ4v) is 3.46. The van der Waals surface area contributed by atoms with Crippen LogP contribution in [0.4, 0.5) is 5.95 Å². The molecule has 0 saturated heterocycles. The molecule has 0 aliphatic heterocycles. The quantitative estimate of drug-likeness (QED) is 0.385. The monoisotopic (exact) mass is 468 g/mol. The third-order valence-electron chi connectivity index (χ3n) is 5.30. The van der Waals surface area contributed by atoms with Crippen LogP contribution in [0.5, 0.6) is 0 Å². The minimum atomic E-state index is -0.0318. The third-order valence-corrected chi connectivity index (χ3v) is 5.30. The van der Waals surface area contributed by atoms with E-state index in [1.54, 1.807) is 23.9 Å². The molecule has 0 aliphatic rings. The van der Waals surface area contributed by atoms with Gasteiger partial charge in [0.2, 0.25) is 5.95 Å². The van der Waals surface area contributed by atoms with E-state index in [-0.39, 0.29) is 5.41 Å². The van der Waals surface area contributed by atoms with E-state index in [0.29, 0.717) is 48.3 Å². The predicted molar refractivity (Wildman–Crippen MR) is 134 cm³/mol. The van der Waals surface area contributed by atoms with Gasteiger partial charge in [-0.05, 0) is 30.3 Å². The number of nitrogens with one attached hydrogen (secondary N) is 1. The number of nitrogens with zero attached hydrogens (tertiary/aromatic N) is 7. The minimum Gasteiger partial charge on any atom is -0.383 e. The molecule has 0 radical (unpaired) electrons. The molecule has 3 aromatic heterocycles. The lowest BCUT2D eigenvalue weighted by Gasteiger charge is -2.18. The summed E-state index contributed by atoms with van der Waals surface area (Å²) < 4.78 is 6.88. The van der Waals surface area contributed by atoms with Crippen LogP contribution >= 0.6 is 0 Å². The van der Waals surface area contributed by atoms with Crippen molar-refractivity contribution in [2.45, 2.75) is 32.7 Å². The molecule has 35 heavy (non-hydrogen) atoms. The summed E-state index contributed by atoms with van der Waals surface area (Å²) in [5.41, 5.74) is 5.21. The standard InChI is InChI=1S/C26H28N8O/c1-26(2,3)24-10-6-9-20(29-24)16-34-17-23(32-33-34)22-14-21(19-8-5-7-18(13-19)15-27)30-25(31-22)28-11-12-35-4/h5-10,13-14,17H,11-12,16H2,1-4H3,(H,28,30,31). The Kier molecular flexibility index (Phi) is 7.13. The second-order valence-corrected chi connectivity index (χ2v) is 9.14. The average molecular weight is 469 g/mol. The number of pyridine rings is 1. The molecule has 1 N–H and O–H groups in total.